The van der Waals surface area contributed by atoms with Crippen LogP contribution in [0, 0.1) is 12.3 Å². The van der Waals surface area contributed by atoms with Gasteiger partial charge in [-0.2, -0.15) is 0 Å². The molecule has 0 saturated carbocycles. The zero-order valence-electron chi connectivity index (χ0n) is 10.8. The van der Waals surface area contributed by atoms with Crippen molar-refractivity contribution in [2.75, 3.05) is 12.3 Å². The quantitative estimate of drug-likeness (QED) is 0.869. The summed E-state index contributed by atoms with van der Waals surface area (Å²) in [5.41, 5.74) is 2.96. The molecule has 1 aromatic rings. The van der Waals surface area contributed by atoms with Crippen LogP contribution in [0.2, 0.25) is 0 Å². The second-order valence-corrected chi connectivity index (χ2v) is 6.38. The number of benzene rings is 1. The molecule has 1 N–H and O–H groups in total. The minimum atomic E-state index is 0.347. The topological polar surface area (TPSA) is 24.4 Å². The smallest absolute Gasteiger partial charge is 0.156 e. The van der Waals surface area contributed by atoms with Crippen LogP contribution < -0.4 is 5.32 Å². The zero-order chi connectivity index (χ0) is 12.3. The predicted octanol–water partition coefficient (Wildman–Crippen LogP) is 3.21. The molecule has 1 heterocycles. The molecule has 17 heavy (non-hydrogen) atoms. The van der Waals surface area contributed by atoms with Crippen LogP contribution >= 0.6 is 11.8 Å². The number of amidine groups is 1. The summed E-state index contributed by atoms with van der Waals surface area (Å²) in [6.45, 7) is 8.43. The van der Waals surface area contributed by atoms with Crippen molar-refractivity contribution < 1.29 is 0 Å². The highest BCUT2D eigenvalue weighted by molar-refractivity contribution is 8.13. The summed E-state index contributed by atoms with van der Waals surface area (Å²) in [7, 11) is 0. The van der Waals surface area contributed by atoms with Gasteiger partial charge < -0.3 is 5.32 Å². The number of nitrogens with zero attached hydrogens (tertiary/aromatic N) is 1. The van der Waals surface area contributed by atoms with Crippen LogP contribution in [0.5, 0.6) is 0 Å². The van der Waals surface area contributed by atoms with Crippen LogP contribution in [0.25, 0.3) is 0 Å². The van der Waals surface area contributed by atoms with E-state index in [9.17, 15) is 0 Å². The average molecular weight is 248 g/mol. The van der Waals surface area contributed by atoms with Crippen molar-refractivity contribution in [2.24, 2.45) is 10.4 Å². The Kier molecular flexibility index (Phi) is 3.77. The number of thioether (sulfide) groups is 1. The Morgan fingerprint density at radius 2 is 2.00 bits per heavy atom. The molecule has 2 rings (SSSR count). The van der Waals surface area contributed by atoms with Gasteiger partial charge in [-0.1, -0.05) is 55.4 Å². The van der Waals surface area contributed by atoms with Gasteiger partial charge in [0.2, 0.25) is 0 Å². The molecule has 0 amide bonds. The Hall–Kier alpha value is -0.960. The van der Waals surface area contributed by atoms with Gasteiger partial charge in [-0.05, 0) is 17.9 Å². The number of nitrogens with one attached hydrogen (secondary N) is 1. The largest absolute Gasteiger partial charge is 0.361 e. The summed E-state index contributed by atoms with van der Waals surface area (Å²) < 4.78 is 0. The van der Waals surface area contributed by atoms with Gasteiger partial charge >= 0.3 is 0 Å². The van der Waals surface area contributed by atoms with Crippen LogP contribution in [-0.2, 0) is 6.54 Å². The Bertz CT molecular complexity index is 407. The fourth-order valence-corrected chi connectivity index (χ4v) is 2.58. The molecule has 0 saturated heterocycles. The molecule has 0 bridgehead atoms. The first-order valence-corrected chi connectivity index (χ1v) is 7.00. The molecule has 0 unspecified atom stereocenters. The molecule has 1 aliphatic rings. The lowest BCUT2D eigenvalue weighted by Gasteiger charge is -2.27. The van der Waals surface area contributed by atoms with Gasteiger partial charge in [-0.25, -0.2) is 0 Å². The summed E-state index contributed by atoms with van der Waals surface area (Å²) in [6.07, 6.45) is 0. The summed E-state index contributed by atoms with van der Waals surface area (Å²) in [4.78, 5) is 4.58. The molecular weight excluding hydrogens is 228 g/mol. The van der Waals surface area contributed by atoms with Gasteiger partial charge in [0.15, 0.2) is 5.17 Å². The van der Waals surface area contributed by atoms with Crippen LogP contribution in [-0.4, -0.2) is 17.5 Å². The van der Waals surface area contributed by atoms with Crippen LogP contribution in [0.4, 0.5) is 0 Å². The minimum Gasteiger partial charge on any atom is -0.361 e. The number of hydrogen-bond donors (Lipinski definition) is 1. The van der Waals surface area contributed by atoms with Crippen molar-refractivity contribution in [2.45, 2.75) is 27.3 Å². The maximum absolute atomic E-state index is 4.58. The van der Waals surface area contributed by atoms with Crippen molar-refractivity contribution in [3.63, 3.8) is 0 Å². The van der Waals surface area contributed by atoms with E-state index < -0.39 is 0 Å². The monoisotopic (exact) mass is 248 g/mol. The summed E-state index contributed by atoms with van der Waals surface area (Å²) in [5, 5.41) is 4.50. The van der Waals surface area contributed by atoms with E-state index in [1.165, 1.54) is 11.1 Å². The van der Waals surface area contributed by atoms with Gasteiger partial charge in [0, 0.05) is 18.8 Å². The van der Waals surface area contributed by atoms with E-state index in [-0.39, 0.29) is 0 Å². The van der Waals surface area contributed by atoms with E-state index in [2.05, 4.69) is 55.3 Å². The van der Waals surface area contributed by atoms with Gasteiger partial charge in [-0.15, -0.1) is 0 Å². The molecular formula is C14H20N2S. The lowest BCUT2D eigenvalue weighted by molar-refractivity contribution is 0.436. The third-order valence-electron chi connectivity index (χ3n) is 2.81. The molecule has 0 fully saturated rings. The zero-order valence-corrected chi connectivity index (χ0v) is 11.6. The fraction of sp³-hybridized carbons (Fsp3) is 0.500. The van der Waals surface area contributed by atoms with Crippen LogP contribution in [0.3, 0.4) is 0 Å². The maximum atomic E-state index is 4.58. The number of rotatable bonds is 2. The summed E-state index contributed by atoms with van der Waals surface area (Å²) in [5.74, 6) is 1.15. The lowest BCUT2D eigenvalue weighted by atomic mass is 9.97. The second kappa shape index (κ2) is 5.13. The number of aryl methyl sites for hydroxylation is 1. The fourth-order valence-electron chi connectivity index (χ4n) is 1.63. The van der Waals surface area contributed by atoms with E-state index in [0.29, 0.717) is 5.41 Å². The van der Waals surface area contributed by atoms with Crippen molar-refractivity contribution >= 4 is 16.9 Å². The highest BCUT2D eigenvalue weighted by Gasteiger charge is 2.22. The lowest BCUT2D eigenvalue weighted by Crippen LogP contribution is -2.30. The normalized spacial score (nSPS) is 18.6. The van der Waals surface area contributed by atoms with Crippen LogP contribution in [0.1, 0.15) is 25.0 Å². The molecule has 2 nitrogen and oxygen atoms in total. The van der Waals surface area contributed by atoms with Crippen molar-refractivity contribution in [1.29, 1.82) is 0 Å². The molecule has 0 spiro atoms. The third kappa shape index (κ3) is 3.77. The number of hydrogen-bond acceptors (Lipinski definition) is 3. The van der Waals surface area contributed by atoms with Crippen molar-refractivity contribution in [3.8, 4) is 0 Å². The Morgan fingerprint density at radius 1 is 1.29 bits per heavy atom. The van der Waals surface area contributed by atoms with E-state index in [0.717, 1.165) is 24.0 Å². The van der Waals surface area contributed by atoms with Gasteiger partial charge in [-0.3, -0.25) is 4.99 Å². The van der Waals surface area contributed by atoms with Gasteiger partial charge in [0.05, 0.1) is 0 Å². The highest BCUT2D eigenvalue weighted by atomic mass is 32.2. The number of aliphatic imine (C=N–C) groups is 1. The third-order valence-corrected chi connectivity index (χ3v) is 4.29. The van der Waals surface area contributed by atoms with E-state index in [1.807, 2.05) is 11.8 Å². The Labute approximate surface area is 108 Å². The standard InChI is InChI=1S/C14H20N2S/c1-11-4-6-12(7-5-11)8-15-13-16-9-14(2,3)10-17-13/h4-7H,8-10H2,1-3H3,(H,15,16). The second-order valence-electron chi connectivity index (χ2n) is 5.41. The average Bonchev–Trinajstić information content (AvgIpc) is 2.30. The molecule has 0 radical (unpaired) electrons. The summed E-state index contributed by atoms with van der Waals surface area (Å²) in [6, 6.07) is 8.63. The first kappa shape index (κ1) is 12.5. The van der Waals surface area contributed by atoms with Crippen molar-refractivity contribution in [3.05, 3.63) is 35.4 Å². The molecule has 0 aliphatic carbocycles. The first-order valence-electron chi connectivity index (χ1n) is 6.02. The molecule has 0 aromatic heterocycles. The van der Waals surface area contributed by atoms with Crippen LogP contribution in [0.15, 0.2) is 29.3 Å². The Morgan fingerprint density at radius 3 is 2.59 bits per heavy atom. The van der Waals surface area contributed by atoms with E-state index >= 15 is 0 Å². The molecule has 1 aliphatic heterocycles. The molecule has 1 aromatic carbocycles. The maximum Gasteiger partial charge on any atom is 0.156 e. The minimum absolute atomic E-state index is 0.347. The van der Waals surface area contributed by atoms with E-state index in [1.54, 1.807) is 0 Å². The molecule has 0 atom stereocenters. The van der Waals surface area contributed by atoms with Gasteiger partial charge in [0.1, 0.15) is 0 Å². The SMILES string of the molecule is Cc1ccc(CNC2=NCC(C)(C)CS2)cc1. The summed E-state index contributed by atoms with van der Waals surface area (Å²) >= 11 is 1.83. The molecule has 3 heteroatoms. The van der Waals surface area contributed by atoms with E-state index in [4.69, 9.17) is 0 Å². The van der Waals surface area contributed by atoms with Crippen molar-refractivity contribution in [1.82, 2.24) is 5.32 Å². The highest BCUT2D eigenvalue weighted by Crippen LogP contribution is 2.27. The first-order chi connectivity index (χ1) is 8.05. The molecule has 92 valence electrons. The Balaban J connectivity index is 1.87. The predicted molar refractivity (Wildman–Crippen MR) is 76.6 cm³/mol. The van der Waals surface area contributed by atoms with Gasteiger partial charge in [0.25, 0.3) is 0 Å².